The molecule has 106 valence electrons. The summed E-state index contributed by atoms with van der Waals surface area (Å²) in [6.07, 6.45) is 3.57. The van der Waals surface area contributed by atoms with Crippen LogP contribution in [0.3, 0.4) is 0 Å². The van der Waals surface area contributed by atoms with Crippen LogP contribution in [0.2, 0.25) is 0 Å². The van der Waals surface area contributed by atoms with Gasteiger partial charge < -0.3 is 0 Å². The summed E-state index contributed by atoms with van der Waals surface area (Å²) in [5.74, 6) is 0. The molecule has 1 aromatic carbocycles. The molecule has 0 amide bonds. The lowest BCUT2D eigenvalue weighted by Gasteiger charge is -2.09. The molecule has 1 heterocycles. The average Bonchev–Trinajstić information content (AvgIpc) is 2.42. The number of pyridine rings is 1. The van der Waals surface area contributed by atoms with Gasteiger partial charge in [-0.3, -0.25) is 4.72 Å². The van der Waals surface area contributed by atoms with Gasteiger partial charge in [-0.25, -0.2) is 13.4 Å². The van der Waals surface area contributed by atoms with Crippen LogP contribution in [0, 0.1) is 0 Å². The fourth-order valence-electron chi connectivity index (χ4n) is 1.79. The summed E-state index contributed by atoms with van der Waals surface area (Å²) < 4.78 is 27.5. The molecule has 0 saturated carbocycles. The number of aromatic nitrogens is 1. The minimum atomic E-state index is -3.59. The van der Waals surface area contributed by atoms with Crippen LogP contribution in [-0.4, -0.2) is 13.4 Å². The highest BCUT2D eigenvalue weighted by molar-refractivity contribution is 9.10. The fraction of sp³-hybridized carbons (Fsp3) is 0.214. The second kappa shape index (κ2) is 6.37. The monoisotopic (exact) mass is 354 g/mol. The lowest BCUT2D eigenvalue weighted by atomic mass is 10.1. The van der Waals surface area contributed by atoms with Gasteiger partial charge in [-0.1, -0.05) is 25.5 Å². The van der Waals surface area contributed by atoms with Gasteiger partial charge >= 0.3 is 0 Å². The summed E-state index contributed by atoms with van der Waals surface area (Å²) in [7, 11) is -3.59. The van der Waals surface area contributed by atoms with Gasteiger partial charge in [0, 0.05) is 6.20 Å². The number of sulfonamides is 1. The first kappa shape index (κ1) is 15.0. The van der Waals surface area contributed by atoms with Gasteiger partial charge in [0.05, 0.1) is 10.6 Å². The Hall–Kier alpha value is -1.40. The van der Waals surface area contributed by atoms with Gasteiger partial charge in [-0.05, 0) is 52.2 Å². The van der Waals surface area contributed by atoms with Crippen LogP contribution in [0.5, 0.6) is 0 Å². The van der Waals surface area contributed by atoms with Crippen LogP contribution in [0.25, 0.3) is 0 Å². The predicted octanol–water partition coefficient (Wildman–Crippen LogP) is 3.60. The Morgan fingerprint density at radius 2 is 1.90 bits per heavy atom. The Morgan fingerprint density at radius 1 is 1.20 bits per heavy atom. The summed E-state index contributed by atoms with van der Waals surface area (Å²) in [5, 5.41) is 0. The molecule has 0 aliphatic carbocycles. The van der Waals surface area contributed by atoms with Crippen molar-refractivity contribution in [2.45, 2.75) is 24.7 Å². The van der Waals surface area contributed by atoms with Crippen LogP contribution < -0.4 is 4.72 Å². The molecule has 0 radical (unpaired) electrons. The summed E-state index contributed by atoms with van der Waals surface area (Å²) in [6.45, 7) is 2.09. The summed E-state index contributed by atoms with van der Waals surface area (Å²) in [4.78, 5) is 4.23. The highest BCUT2D eigenvalue weighted by Gasteiger charge is 2.15. The van der Waals surface area contributed by atoms with Crippen LogP contribution in [0.1, 0.15) is 18.9 Å². The van der Waals surface area contributed by atoms with E-state index in [0.717, 1.165) is 18.4 Å². The van der Waals surface area contributed by atoms with Gasteiger partial charge in [0.2, 0.25) is 0 Å². The van der Waals surface area contributed by atoms with Crippen molar-refractivity contribution < 1.29 is 8.42 Å². The van der Waals surface area contributed by atoms with E-state index in [4.69, 9.17) is 0 Å². The van der Waals surface area contributed by atoms with Gasteiger partial charge in [-0.2, -0.15) is 0 Å². The van der Waals surface area contributed by atoms with E-state index < -0.39 is 10.0 Å². The van der Waals surface area contributed by atoms with Crippen molar-refractivity contribution in [2.24, 2.45) is 0 Å². The Balaban J connectivity index is 2.24. The zero-order chi connectivity index (χ0) is 14.6. The molecule has 0 aliphatic heterocycles. The lowest BCUT2D eigenvalue weighted by molar-refractivity contribution is 0.601. The van der Waals surface area contributed by atoms with Crippen molar-refractivity contribution in [3.8, 4) is 0 Å². The number of nitrogens with one attached hydrogen (secondary N) is 1. The molecule has 0 spiro atoms. The predicted molar refractivity (Wildman–Crippen MR) is 83.2 cm³/mol. The van der Waals surface area contributed by atoms with E-state index in [1.807, 2.05) is 12.1 Å². The first-order chi connectivity index (χ1) is 9.53. The van der Waals surface area contributed by atoms with E-state index in [1.165, 1.54) is 0 Å². The number of hydrogen-bond acceptors (Lipinski definition) is 3. The highest BCUT2D eigenvalue weighted by atomic mass is 79.9. The quantitative estimate of drug-likeness (QED) is 0.834. The second-order valence-corrected chi connectivity index (χ2v) is 6.77. The van der Waals surface area contributed by atoms with E-state index in [-0.39, 0.29) is 4.90 Å². The van der Waals surface area contributed by atoms with Gasteiger partial charge in [-0.15, -0.1) is 0 Å². The number of hydrogen-bond donors (Lipinski definition) is 1. The highest BCUT2D eigenvalue weighted by Crippen LogP contribution is 2.22. The molecule has 1 N–H and O–H groups in total. The van der Waals surface area contributed by atoms with Gasteiger partial charge in [0.25, 0.3) is 10.0 Å². The van der Waals surface area contributed by atoms with Crippen molar-refractivity contribution >= 4 is 31.6 Å². The zero-order valence-electron chi connectivity index (χ0n) is 11.0. The largest absolute Gasteiger partial charge is 0.277 e. The third kappa shape index (κ3) is 3.58. The number of anilines is 1. The Labute approximate surface area is 127 Å². The van der Waals surface area contributed by atoms with Crippen molar-refractivity contribution in [3.63, 3.8) is 0 Å². The van der Waals surface area contributed by atoms with E-state index in [2.05, 4.69) is 32.6 Å². The number of halogens is 1. The van der Waals surface area contributed by atoms with Crippen LogP contribution >= 0.6 is 15.9 Å². The molecule has 0 atom stereocenters. The van der Waals surface area contributed by atoms with E-state index >= 15 is 0 Å². The van der Waals surface area contributed by atoms with Crippen LogP contribution in [0.4, 0.5) is 5.69 Å². The molecule has 4 nitrogen and oxygen atoms in total. The summed E-state index contributed by atoms with van der Waals surface area (Å²) >= 11 is 3.22. The molecule has 0 saturated heterocycles. The number of nitrogens with zero attached hydrogens (tertiary/aromatic N) is 1. The molecular formula is C14H15BrN2O2S. The number of aryl methyl sites for hydroxylation is 1. The van der Waals surface area contributed by atoms with Gasteiger partial charge in [0.15, 0.2) is 0 Å². The number of rotatable bonds is 5. The molecule has 6 heteroatoms. The second-order valence-electron chi connectivity index (χ2n) is 4.34. The molecule has 0 unspecified atom stereocenters. The third-order valence-corrected chi connectivity index (χ3v) is 4.79. The van der Waals surface area contributed by atoms with Crippen molar-refractivity contribution in [1.29, 1.82) is 0 Å². The molecule has 20 heavy (non-hydrogen) atoms. The van der Waals surface area contributed by atoms with Crippen LogP contribution in [-0.2, 0) is 16.4 Å². The Kier molecular flexibility index (Phi) is 4.77. The first-order valence-electron chi connectivity index (χ1n) is 6.25. The molecule has 0 aliphatic rings. The molecular weight excluding hydrogens is 340 g/mol. The maximum absolute atomic E-state index is 12.3. The molecule has 0 bridgehead atoms. The number of benzene rings is 1. The van der Waals surface area contributed by atoms with E-state index in [9.17, 15) is 8.42 Å². The van der Waals surface area contributed by atoms with E-state index in [1.54, 1.807) is 30.5 Å². The zero-order valence-corrected chi connectivity index (χ0v) is 13.4. The molecule has 2 rings (SSSR count). The molecule has 0 fully saturated rings. The topological polar surface area (TPSA) is 59.1 Å². The first-order valence-corrected chi connectivity index (χ1v) is 8.53. The van der Waals surface area contributed by atoms with Gasteiger partial charge in [0.1, 0.15) is 4.60 Å². The smallest absolute Gasteiger partial charge is 0.261 e. The summed E-state index contributed by atoms with van der Waals surface area (Å²) in [5.41, 5.74) is 1.55. The summed E-state index contributed by atoms with van der Waals surface area (Å²) in [6, 6.07) is 10.3. The van der Waals surface area contributed by atoms with E-state index in [0.29, 0.717) is 10.3 Å². The van der Waals surface area contributed by atoms with Crippen molar-refractivity contribution in [3.05, 3.63) is 52.8 Å². The SMILES string of the molecule is CCCc1ccc(S(=O)(=O)Nc2cccnc2Br)cc1. The maximum Gasteiger partial charge on any atom is 0.261 e. The standard InChI is InChI=1S/C14H15BrN2O2S/c1-2-4-11-6-8-12(9-7-11)20(18,19)17-13-5-3-10-16-14(13)15/h3,5-10,17H,2,4H2,1H3. The Morgan fingerprint density at radius 3 is 2.50 bits per heavy atom. The fourth-order valence-corrected chi connectivity index (χ4v) is 3.34. The van der Waals surface area contributed by atoms with Crippen LogP contribution in [0.15, 0.2) is 52.1 Å². The van der Waals surface area contributed by atoms with Crippen molar-refractivity contribution in [2.75, 3.05) is 4.72 Å². The minimum Gasteiger partial charge on any atom is -0.277 e. The minimum absolute atomic E-state index is 0.244. The maximum atomic E-state index is 12.3. The average molecular weight is 355 g/mol. The molecule has 1 aromatic heterocycles. The lowest BCUT2D eigenvalue weighted by Crippen LogP contribution is -2.13. The molecule has 2 aromatic rings. The van der Waals surface area contributed by atoms with Crippen molar-refractivity contribution in [1.82, 2.24) is 4.98 Å². The third-order valence-electron chi connectivity index (χ3n) is 2.78. The Bertz CT molecular complexity index is 685. The normalized spacial score (nSPS) is 11.3.